The zero-order valence-electron chi connectivity index (χ0n) is 15.9. The van der Waals surface area contributed by atoms with E-state index < -0.39 is 5.91 Å². The van der Waals surface area contributed by atoms with Crippen LogP contribution in [0.2, 0.25) is 0 Å². The molecule has 3 heterocycles. The zero-order valence-corrected chi connectivity index (χ0v) is 16.7. The first-order chi connectivity index (χ1) is 13.8. The van der Waals surface area contributed by atoms with Gasteiger partial charge in [-0.2, -0.15) is 5.10 Å². The lowest BCUT2D eigenvalue weighted by Gasteiger charge is -2.28. The molecule has 8 heteroatoms. The number of para-hydroxylation sites is 1. The van der Waals surface area contributed by atoms with Crippen LogP contribution in [-0.2, 0) is 11.2 Å². The van der Waals surface area contributed by atoms with Crippen molar-refractivity contribution in [3.63, 3.8) is 0 Å². The van der Waals surface area contributed by atoms with Gasteiger partial charge in [0.25, 0.3) is 5.91 Å². The number of carbonyl (C=O) groups is 2. The fourth-order valence-electron chi connectivity index (χ4n) is 3.94. The third-order valence-corrected chi connectivity index (χ3v) is 6.36. The number of hydrogen-bond acceptors (Lipinski definition) is 6. The summed E-state index contributed by atoms with van der Waals surface area (Å²) in [6.45, 7) is 4.16. The fourth-order valence-corrected chi connectivity index (χ4v) is 5.02. The third-order valence-electron chi connectivity index (χ3n) is 5.24. The summed E-state index contributed by atoms with van der Waals surface area (Å²) in [5.41, 5.74) is 5.24. The molecule has 29 heavy (non-hydrogen) atoms. The van der Waals surface area contributed by atoms with Crippen molar-refractivity contribution in [1.29, 1.82) is 0 Å². The van der Waals surface area contributed by atoms with Gasteiger partial charge in [0.15, 0.2) is 10.7 Å². The molecule has 146 valence electrons. The van der Waals surface area contributed by atoms with E-state index in [1.54, 1.807) is 36.6 Å². The van der Waals surface area contributed by atoms with E-state index in [4.69, 9.17) is 0 Å². The SMILES string of the molecule is CC1(C)CC(=O)c2sc3nc4c(n3c2C1)C=NNC(=O)/C4=C/c1ccccc1O. The van der Waals surface area contributed by atoms with Crippen LogP contribution in [0.1, 0.15) is 52.6 Å². The summed E-state index contributed by atoms with van der Waals surface area (Å²) in [7, 11) is 0. The molecule has 0 radical (unpaired) electrons. The Morgan fingerprint density at radius 3 is 2.83 bits per heavy atom. The number of amides is 1. The van der Waals surface area contributed by atoms with E-state index in [1.165, 1.54) is 11.3 Å². The maximum Gasteiger partial charge on any atom is 0.273 e. The van der Waals surface area contributed by atoms with Crippen molar-refractivity contribution < 1.29 is 14.7 Å². The molecule has 5 rings (SSSR count). The van der Waals surface area contributed by atoms with E-state index >= 15 is 0 Å². The highest BCUT2D eigenvalue weighted by Gasteiger charge is 2.36. The molecule has 0 fully saturated rings. The molecule has 7 nitrogen and oxygen atoms in total. The Bertz CT molecular complexity index is 1260. The average molecular weight is 406 g/mol. The van der Waals surface area contributed by atoms with Crippen LogP contribution in [0.4, 0.5) is 0 Å². The fraction of sp³-hybridized carbons (Fsp3) is 0.238. The zero-order chi connectivity index (χ0) is 20.3. The molecule has 2 aromatic heterocycles. The smallest absolute Gasteiger partial charge is 0.273 e. The number of thiazole rings is 1. The van der Waals surface area contributed by atoms with Gasteiger partial charge in [0.2, 0.25) is 0 Å². The van der Waals surface area contributed by atoms with Gasteiger partial charge in [0, 0.05) is 17.7 Å². The maximum atomic E-state index is 12.7. The molecule has 0 saturated carbocycles. The molecule has 1 amide bonds. The lowest BCUT2D eigenvalue weighted by molar-refractivity contribution is -0.115. The monoisotopic (exact) mass is 406 g/mol. The van der Waals surface area contributed by atoms with Gasteiger partial charge in [-0.1, -0.05) is 43.4 Å². The molecule has 0 unspecified atom stereocenters. The summed E-state index contributed by atoms with van der Waals surface area (Å²) in [6.07, 6.45) is 4.43. The molecule has 0 atom stereocenters. The number of nitrogens with one attached hydrogen (secondary N) is 1. The first-order valence-electron chi connectivity index (χ1n) is 9.25. The standard InChI is InChI=1S/C21H18N4O3S/c1-21(2)8-13-18(16(27)9-21)29-20-23-17-12(7-11-5-3-4-6-15(11)26)19(28)24-22-10-14(17)25(13)20/h3-7,10,26H,8-9H2,1-2H3,(H,24,28)/b12-7+. The number of rotatable bonds is 1. The number of ketones is 1. The van der Waals surface area contributed by atoms with Crippen molar-refractivity contribution in [2.45, 2.75) is 26.7 Å². The van der Waals surface area contributed by atoms with Crippen LogP contribution < -0.4 is 5.43 Å². The summed E-state index contributed by atoms with van der Waals surface area (Å²) in [5.74, 6) is -0.199. The first-order valence-corrected chi connectivity index (χ1v) is 10.1. The van der Waals surface area contributed by atoms with Crippen molar-refractivity contribution in [2.24, 2.45) is 10.5 Å². The van der Waals surface area contributed by atoms with Gasteiger partial charge in [-0.3, -0.25) is 14.0 Å². The Labute approximate surface area is 170 Å². The Morgan fingerprint density at radius 1 is 1.24 bits per heavy atom. The number of hydrazone groups is 1. The minimum Gasteiger partial charge on any atom is -0.507 e. The number of aromatic nitrogens is 2. The van der Waals surface area contributed by atoms with Gasteiger partial charge < -0.3 is 5.11 Å². The summed E-state index contributed by atoms with van der Waals surface area (Å²) in [4.78, 5) is 31.4. The van der Waals surface area contributed by atoms with Gasteiger partial charge >= 0.3 is 0 Å². The number of hydrogen-bond donors (Lipinski definition) is 2. The van der Waals surface area contributed by atoms with Crippen LogP contribution in [-0.4, -0.2) is 32.4 Å². The van der Waals surface area contributed by atoms with Crippen molar-refractivity contribution >= 4 is 45.9 Å². The number of aromatic hydroxyl groups is 1. The molecule has 1 aliphatic carbocycles. The molecule has 1 aromatic carbocycles. The Balaban J connectivity index is 1.76. The summed E-state index contributed by atoms with van der Waals surface area (Å²) < 4.78 is 1.94. The van der Waals surface area contributed by atoms with E-state index in [1.807, 2.05) is 4.40 Å². The highest BCUT2D eigenvalue weighted by Crippen LogP contribution is 2.40. The van der Waals surface area contributed by atoms with Gasteiger partial charge in [0.05, 0.1) is 22.4 Å². The molecule has 2 N–H and O–H groups in total. The van der Waals surface area contributed by atoms with Crippen LogP contribution in [0.5, 0.6) is 5.75 Å². The Kier molecular flexibility index (Phi) is 3.76. The molecule has 0 spiro atoms. The predicted octanol–water partition coefficient (Wildman–Crippen LogP) is 3.26. The number of Topliss-reactive ketones (excluding diaryl/α,β-unsaturated/α-hetero) is 1. The van der Waals surface area contributed by atoms with E-state index in [-0.39, 0.29) is 16.9 Å². The molecular weight excluding hydrogens is 388 g/mol. The van der Waals surface area contributed by atoms with Crippen LogP contribution in [0.25, 0.3) is 16.6 Å². The molecule has 2 aliphatic rings. The van der Waals surface area contributed by atoms with Crippen LogP contribution in [0, 0.1) is 5.41 Å². The molecule has 0 saturated heterocycles. The van der Waals surface area contributed by atoms with Crippen LogP contribution in [0.3, 0.4) is 0 Å². The molecule has 0 bridgehead atoms. The van der Waals surface area contributed by atoms with Crippen molar-refractivity contribution in [3.8, 4) is 5.75 Å². The number of phenolic OH excluding ortho intramolecular Hbond substituents is 1. The van der Waals surface area contributed by atoms with Gasteiger partial charge in [-0.25, -0.2) is 10.4 Å². The Morgan fingerprint density at radius 2 is 2.03 bits per heavy atom. The lowest BCUT2D eigenvalue weighted by Crippen LogP contribution is -2.27. The second-order valence-corrected chi connectivity index (χ2v) is 9.08. The van der Waals surface area contributed by atoms with Crippen LogP contribution in [0.15, 0.2) is 29.4 Å². The first kappa shape index (κ1) is 17.8. The quantitative estimate of drug-likeness (QED) is 0.606. The van der Waals surface area contributed by atoms with Crippen molar-refractivity contribution in [2.75, 3.05) is 0 Å². The van der Waals surface area contributed by atoms with Crippen LogP contribution >= 0.6 is 11.3 Å². The minimum absolute atomic E-state index is 0.0743. The number of benzene rings is 1. The predicted molar refractivity (Wildman–Crippen MR) is 111 cm³/mol. The van der Waals surface area contributed by atoms with Gasteiger partial charge in [-0.05, 0) is 24.0 Å². The maximum absolute atomic E-state index is 12.7. The van der Waals surface area contributed by atoms with E-state index in [9.17, 15) is 14.7 Å². The van der Waals surface area contributed by atoms with E-state index in [0.717, 1.165) is 17.0 Å². The number of fused-ring (bicyclic) bond motifs is 5. The molecule has 1 aliphatic heterocycles. The number of phenols is 1. The highest BCUT2D eigenvalue weighted by atomic mass is 32.1. The van der Waals surface area contributed by atoms with Crippen molar-refractivity contribution in [1.82, 2.24) is 14.8 Å². The summed E-state index contributed by atoms with van der Waals surface area (Å²) >= 11 is 1.35. The normalized spacial score (nSPS) is 19.2. The van der Waals surface area contributed by atoms with Gasteiger partial charge in [0.1, 0.15) is 11.4 Å². The van der Waals surface area contributed by atoms with Gasteiger partial charge in [-0.15, -0.1) is 0 Å². The van der Waals surface area contributed by atoms with Crippen molar-refractivity contribution in [3.05, 3.63) is 51.8 Å². The lowest BCUT2D eigenvalue weighted by atomic mass is 9.78. The largest absolute Gasteiger partial charge is 0.507 e. The van der Waals surface area contributed by atoms with E-state index in [0.29, 0.717) is 33.9 Å². The number of imidazole rings is 1. The second-order valence-electron chi connectivity index (χ2n) is 8.10. The topological polar surface area (TPSA) is 96.1 Å². The number of carbonyl (C=O) groups excluding carboxylic acids is 2. The number of nitrogens with zero attached hydrogens (tertiary/aromatic N) is 3. The Hall–Kier alpha value is -3.26. The summed E-state index contributed by atoms with van der Waals surface area (Å²) in [6, 6.07) is 6.79. The highest BCUT2D eigenvalue weighted by molar-refractivity contribution is 7.19. The second kappa shape index (κ2) is 6.12. The van der Waals surface area contributed by atoms with E-state index in [2.05, 4.69) is 29.4 Å². The molecule has 3 aromatic rings. The summed E-state index contributed by atoms with van der Waals surface area (Å²) in [5, 5.41) is 14.2. The third kappa shape index (κ3) is 2.79. The molecular formula is C21H18N4O3S. The average Bonchev–Trinajstić information content (AvgIpc) is 3.13. The minimum atomic E-state index is -0.403.